The van der Waals surface area contributed by atoms with Crippen molar-refractivity contribution < 1.29 is 4.79 Å². The number of carbonyl (C=O) groups is 1. The van der Waals surface area contributed by atoms with Gasteiger partial charge in [-0.3, -0.25) is 4.79 Å². The lowest BCUT2D eigenvalue weighted by molar-refractivity contribution is -0.131. The number of amides is 1. The number of carbonyl (C=O) groups excluding carboxylic acids is 1. The number of para-hydroxylation sites is 1. The van der Waals surface area contributed by atoms with Gasteiger partial charge in [0.2, 0.25) is 5.91 Å². The van der Waals surface area contributed by atoms with Crippen LogP contribution in [-0.2, 0) is 4.79 Å². The molecule has 0 bridgehead atoms. The zero-order chi connectivity index (χ0) is 19.4. The van der Waals surface area contributed by atoms with Gasteiger partial charge in [0.25, 0.3) is 0 Å². The highest BCUT2D eigenvalue weighted by Crippen LogP contribution is 2.22. The molecule has 1 amide bonds. The van der Waals surface area contributed by atoms with Gasteiger partial charge in [-0.05, 0) is 58.0 Å². The monoisotopic (exact) mass is 388 g/mol. The van der Waals surface area contributed by atoms with Crippen LogP contribution in [-0.4, -0.2) is 65.1 Å². The predicted molar refractivity (Wildman–Crippen MR) is 115 cm³/mol. The molecule has 6 heteroatoms. The first-order valence-corrected chi connectivity index (χ1v) is 10.4. The second kappa shape index (κ2) is 8.46. The van der Waals surface area contributed by atoms with Gasteiger partial charge in [0.1, 0.15) is 0 Å². The molecule has 2 heterocycles. The maximum Gasteiger partial charge on any atom is 0.222 e. The molecule has 2 aliphatic heterocycles. The molecule has 148 valence electrons. The van der Waals surface area contributed by atoms with Crippen LogP contribution in [0.1, 0.15) is 40.0 Å². The third-order valence-corrected chi connectivity index (χ3v) is 5.92. The largest absolute Gasteiger partial charge is 0.368 e. The molecule has 1 N–H and O–H groups in total. The Labute approximate surface area is 168 Å². The van der Waals surface area contributed by atoms with Gasteiger partial charge in [0.15, 0.2) is 5.11 Å². The topological polar surface area (TPSA) is 38.8 Å². The summed E-state index contributed by atoms with van der Waals surface area (Å²) in [4.78, 5) is 19.2. The van der Waals surface area contributed by atoms with Crippen molar-refractivity contribution >= 4 is 28.9 Å². The zero-order valence-corrected chi connectivity index (χ0v) is 17.6. The Kier molecular flexibility index (Phi) is 6.25. The van der Waals surface area contributed by atoms with Gasteiger partial charge < -0.3 is 20.0 Å². The van der Waals surface area contributed by atoms with E-state index in [4.69, 9.17) is 12.2 Å². The second-order valence-corrected chi connectivity index (χ2v) is 8.75. The fourth-order valence-corrected chi connectivity index (χ4v) is 4.74. The normalized spacial score (nSPS) is 22.6. The molecule has 0 spiro atoms. The standard InChI is InChI=1S/C21H32N4OS/c1-17-16-21(2,3)22-20(27)25(17)11-7-10-19(26)24-14-12-23(13-15-24)18-8-5-4-6-9-18/h4-6,8-9,17H,7,10-16H2,1-3H3,(H,22,27)/t17-/m0/s1. The summed E-state index contributed by atoms with van der Waals surface area (Å²) in [6.45, 7) is 10.9. The third kappa shape index (κ3) is 5.12. The molecule has 1 atom stereocenters. The van der Waals surface area contributed by atoms with Crippen LogP contribution >= 0.6 is 12.2 Å². The summed E-state index contributed by atoms with van der Waals surface area (Å²) in [7, 11) is 0. The van der Waals surface area contributed by atoms with Gasteiger partial charge in [-0.15, -0.1) is 0 Å². The molecular formula is C21H32N4OS. The van der Waals surface area contributed by atoms with Crippen LogP contribution in [0.15, 0.2) is 30.3 Å². The maximum atomic E-state index is 12.6. The minimum Gasteiger partial charge on any atom is -0.368 e. The van der Waals surface area contributed by atoms with E-state index in [1.165, 1.54) is 5.69 Å². The molecule has 2 fully saturated rings. The van der Waals surface area contributed by atoms with Crippen molar-refractivity contribution in [3.05, 3.63) is 30.3 Å². The van der Waals surface area contributed by atoms with Crippen LogP contribution in [0.25, 0.3) is 0 Å². The lowest BCUT2D eigenvalue weighted by atomic mass is 9.93. The Bertz CT molecular complexity index is 655. The van der Waals surface area contributed by atoms with E-state index in [9.17, 15) is 4.79 Å². The summed E-state index contributed by atoms with van der Waals surface area (Å²) < 4.78 is 0. The quantitative estimate of drug-likeness (QED) is 0.786. The molecular weight excluding hydrogens is 356 g/mol. The Morgan fingerprint density at radius 2 is 1.85 bits per heavy atom. The average Bonchev–Trinajstić information content (AvgIpc) is 2.64. The molecule has 1 aromatic rings. The highest BCUT2D eigenvalue weighted by molar-refractivity contribution is 7.80. The van der Waals surface area contributed by atoms with E-state index in [0.29, 0.717) is 12.5 Å². The number of anilines is 1. The molecule has 0 unspecified atom stereocenters. The summed E-state index contributed by atoms with van der Waals surface area (Å²) in [5.41, 5.74) is 1.30. The van der Waals surface area contributed by atoms with Crippen molar-refractivity contribution in [1.82, 2.24) is 15.1 Å². The Morgan fingerprint density at radius 3 is 2.48 bits per heavy atom. The van der Waals surface area contributed by atoms with E-state index < -0.39 is 0 Å². The zero-order valence-electron chi connectivity index (χ0n) is 16.8. The lowest BCUT2D eigenvalue weighted by Crippen LogP contribution is -2.60. The highest BCUT2D eigenvalue weighted by atomic mass is 32.1. The smallest absolute Gasteiger partial charge is 0.222 e. The summed E-state index contributed by atoms with van der Waals surface area (Å²) in [5.74, 6) is 0.270. The molecule has 0 aliphatic carbocycles. The SMILES string of the molecule is C[C@H]1CC(C)(C)NC(=S)N1CCCC(=O)N1CCN(c2ccccc2)CC1. The van der Waals surface area contributed by atoms with Gasteiger partial charge in [-0.1, -0.05) is 18.2 Å². The van der Waals surface area contributed by atoms with Crippen molar-refractivity contribution in [3.8, 4) is 0 Å². The molecule has 1 aromatic carbocycles. The van der Waals surface area contributed by atoms with Crippen molar-refractivity contribution in [2.45, 2.75) is 51.6 Å². The summed E-state index contributed by atoms with van der Waals surface area (Å²) in [6, 6.07) is 10.8. The number of hydrogen-bond acceptors (Lipinski definition) is 3. The first-order valence-electron chi connectivity index (χ1n) is 10.0. The lowest BCUT2D eigenvalue weighted by Gasteiger charge is -2.45. The summed E-state index contributed by atoms with van der Waals surface area (Å²) >= 11 is 5.53. The Balaban J connectivity index is 1.41. The molecule has 3 rings (SSSR count). The van der Waals surface area contributed by atoms with E-state index in [2.05, 4.69) is 60.2 Å². The predicted octanol–water partition coefficient (Wildman–Crippen LogP) is 2.86. The maximum absolute atomic E-state index is 12.6. The number of nitrogens with zero attached hydrogens (tertiary/aromatic N) is 3. The van der Waals surface area contributed by atoms with Crippen molar-refractivity contribution in [2.24, 2.45) is 0 Å². The van der Waals surface area contributed by atoms with Crippen LogP contribution in [0.2, 0.25) is 0 Å². The van der Waals surface area contributed by atoms with Crippen LogP contribution < -0.4 is 10.2 Å². The number of benzene rings is 1. The van der Waals surface area contributed by atoms with E-state index >= 15 is 0 Å². The van der Waals surface area contributed by atoms with E-state index in [-0.39, 0.29) is 11.4 Å². The van der Waals surface area contributed by atoms with Gasteiger partial charge >= 0.3 is 0 Å². The van der Waals surface area contributed by atoms with Gasteiger partial charge in [0.05, 0.1) is 0 Å². The number of piperazine rings is 1. The average molecular weight is 389 g/mol. The summed E-state index contributed by atoms with van der Waals surface area (Å²) in [5, 5.41) is 4.24. The van der Waals surface area contributed by atoms with E-state index in [1.54, 1.807) is 0 Å². The highest BCUT2D eigenvalue weighted by Gasteiger charge is 2.32. The Hall–Kier alpha value is -1.82. The third-order valence-electron chi connectivity index (χ3n) is 5.59. The molecule has 0 aromatic heterocycles. The van der Waals surface area contributed by atoms with Crippen LogP contribution in [0.3, 0.4) is 0 Å². The number of rotatable bonds is 5. The fraction of sp³-hybridized carbons (Fsp3) is 0.619. The summed E-state index contributed by atoms with van der Waals surface area (Å²) in [6.07, 6.45) is 2.51. The molecule has 0 radical (unpaired) electrons. The van der Waals surface area contributed by atoms with Gasteiger partial charge in [-0.25, -0.2) is 0 Å². The molecule has 2 saturated heterocycles. The molecule has 27 heavy (non-hydrogen) atoms. The molecule has 2 aliphatic rings. The van der Waals surface area contributed by atoms with Crippen molar-refractivity contribution in [2.75, 3.05) is 37.6 Å². The van der Waals surface area contributed by atoms with E-state index in [1.807, 2.05) is 11.0 Å². The van der Waals surface area contributed by atoms with Crippen LogP contribution in [0.5, 0.6) is 0 Å². The molecule has 0 saturated carbocycles. The fourth-order valence-electron chi connectivity index (χ4n) is 4.19. The minimum atomic E-state index is 0.0568. The van der Waals surface area contributed by atoms with Gasteiger partial charge in [0, 0.05) is 56.4 Å². The van der Waals surface area contributed by atoms with Crippen LogP contribution in [0, 0.1) is 0 Å². The number of hydrogen-bond donors (Lipinski definition) is 1. The first-order chi connectivity index (χ1) is 12.9. The first kappa shape index (κ1) is 19.9. The minimum absolute atomic E-state index is 0.0568. The van der Waals surface area contributed by atoms with Crippen LogP contribution in [0.4, 0.5) is 5.69 Å². The second-order valence-electron chi connectivity index (χ2n) is 8.37. The van der Waals surface area contributed by atoms with E-state index in [0.717, 1.165) is 50.7 Å². The molecule has 5 nitrogen and oxygen atoms in total. The van der Waals surface area contributed by atoms with Crippen molar-refractivity contribution in [3.63, 3.8) is 0 Å². The number of nitrogens with one attached hydrogen (secondary N) is 1. The van der Waals surface area contributed by atoms with Gasteiger partial charge in [-0.2, -0.15) is 0 Å². The van der Waals surface area contributed by atoms with Crippen molar-refractivity contribution in [1.29, 1.82) is 0 Å². The Morgan fingerprint density at radius 1 is 1.19 bits per heavy atom. The number of thiocarbonyl (C=S) groups is 1.